The zero-order valence-electron chi connectivity index (χ0n) is 13.4. The topological polar surface area (TPSA) is 28.2 Å². The van der Waals surface area contributed by atoms with Crippen molar-refractivity contribution in [3.05, 3.63) is 23.7 Å². The average molecular weight is 303 g/mol. The molecule has 2 aromatic rings. The molecule has 3 nitrogen and oxygen atoms in total. The van der Waals surface area contributed by atoms with E-state index in [0.717, 1.165) is 25.0 Å². The molecule has 0 bridgehead atoms. The summed E-state index contributed by atoms with van der Waals surface area (Å²) >= 11 is 1.73. The largest absolute Gasteiger partial charge is 0.365 e. The van der Waals surface area contributed by atoms with E-state index < -0.39 is 0 Å². The van der Waals surface area contributed by atoms with Crippen molar-refractivity contribution in [2.75, 3.05) is 18.0 Å². The van der Waals surface area contributed by atoms with Crippen molar-refractivity contribution in [3.8, 4) is 0 Å². The zero-order valence-corrected chi connectivity index (χ0v) is 14.2. The third-order valence-corrected chi connectivity index (χ3v) is 5.65. The molecule has 4 heteroatoms. The summed E-state index contributed by atoms with van der Waals surface area (Å²) in [5.41, 5.74) is 4.58. The lowest BCUT2D eigenvalue weighted by molar-refractivity contribution is 0.253. The number of thiazole rings is 1. The highest BCUT2D eigenvalue weighted by Crippen LogP contribution is 2.31. The predicted octanol–water partition coefficient (Wildman–Crippen LogP) is 3.90. The van der Waals surface area contributed by atoms with Crippen LogP contribution < -0.4 is 10.2 Å². The standard InChI is InChI=1S/C17H25N3S/c1-5-17(4)10-20(15(9-19-17)12(2)3)13-6-7-14-16(8-13)21-11-18-14/h6-8,11-12,15,19H,5,9-10H2,1-4H3. The molecule has 1 fully saturated rings. The molecule has 1 aromatic heterocycles. The lowest BCUT2D eigenvalue weighted by Gasteiger charge is -2.48. The van der Waals surface area contributed by atoms with Crippen molar-refractivity contribution >= 4 is 27.2 Å². The zero-order chi connectivity index (χ0) is 15.0. The molecular formula is C17H25N3S. The van der Waals surface area contributed by atoms with E-state index in [1.807, 2.05) is 5.51 Å². The van der Waals surface area contributed by atoms with Crippen LogP contribution in [0.1, 0.15) is 34.1 Å². The molecule has 3 rings (SSSR count). The van der Waals surface area contributed by atoms with E-state index in [9.17, 15) is 0 Å². The maximum atomic E-state index is 4.39. The Morgan fingerprint density at radius 3 is 3.00 bits per heavy atom. The predicted molar refractivity (Wildman–Crippen MR) is 92.3 cm³/mol. The second-order valence-corrected chi connectivity index (χ2v) is 7.63. The number of hydrogen-bond acceptors (Lipinski definition) is 4. The van der Waals surface area contributed by atoms with Crippen LogP contribution in [0.15, 0.2) is 23.7 Å². The number of rotatable bonds is 3. The van der Waals surface area contributed by atoms with Crippen LogP contribution in [0.4, 0.5) is 5.69 Å². The maximum Gasteiger partial charge on any atom is 0.0813 e. The number of piperazine rings is 1. The first-order chi connectivity index (χ1) is 10.0. The molecule has 1 N–H and O–H groups in total. The van der Waals surface area contributed by atoms with Gasteiger partial charge in [-0.25, -0.2) is 4.98 Å². The van der Waals surface area contributed by atoms with E-state index in [0.29, 0.717) is 12.0 Å². The third kappa shape index (κ3) is 2.79. The van der Waals surface area contributed by atoms with Crippen molar-refractivity contribution in [2.45, 2.75) is 45.7 Å². The molecule has 2 atom stereocenters. The summed E-state index contributed by atoms with van der Waals surface area (Å²) in [5, 5.41) is 3.76. The molecular weight excluding hydrogens is 278 g/mol. The van der Waals surface area contributed by atoms with Crippen molar-refractivity contribution in [1.82, 2.24) is 10.3 Å². The third-order valence-electron chi connectivity index (χ3n) is 4.85. The molecule has 1 aliphatic rings. The monoisotopic (exact) mass is 303 g/mol. The molecule has 2 heterocycles. The van der Waals surface area contributed by atoms with Gasteiger partial charge in [0.25, 0.3) is 0 Å². The van der Waals surface area contributed by atoms with Gasteiger partial charge < -0.3 is 10.2 Å². The Hall–Kier alpha value is -1.13. The maximum absolute atomic E-state index is 4.39. The Morgan fingerprint density at radius 2 is 2.29 bits per heavy atom. The van der Waals surface area contributed by atoms with E-state index in [4.69, 9.17) is 0 Å². The van der Waals surface area contributed by atoms with E-state index >= 15 is 0 Å². The summed E-state index contributed by atoms with van der Waals surface area (Å²) in [5.74, 6) is 0.635. The second kappa shape index (κ2) is 5.58. The average Bonchev–Trinajstić information content (AvgIpc) is 2.94. The number of anilines is 1. The first-order valence-electron chi connectivity index (χ1n) is 7.87. The van der Waals surface area contributed by atoms with Crippen LogP contribution >= 0.6 is 11.3 Å². The van der Waals surface area contributed by atoms with Crippen molar-refractivity contribution in [2.24, 2.45) is 5.92 Å². The highest BCUT2D eigenvalue weighted by Gasteiger charge is 2.35. The number of nitrogens with one attached hydrogen (secondary N) is 1. The van der Waals surface area contributed by atoms with Gasteiger partial charge in [-0.05, 0) is 37.5 Å². The van der Waals surface area contributed by atoms with Crippen molar-refractivity contribution < 1.29 is 0 Å². The van der Waals surface area contributed by atoms with Gasteiger partial charge >= 0.3 is 0 Å². The number of aromatic nitrogens is 1. The highest BCUT2D eigenvalue weighted by molar-refractivity contribution is 7.16. The van der Waals surface area contributed by atoms with Gasteiger partial charge in [0, 0.05) is 30.4 Å². The summed E-state index contributed by atoms with van der Waals surface area (Å²) in [4.78, 5) is 6.99. The first-order valence-corrected chi connectivity index (χ1v) is 8.75. The van der Waals surface area contributed by atoms with Gasteiger partial charge in [0.2, 0.25) is 0 Å². The van der Waals surface area contributed by atoms with Crippen molar-refractivity contribution in [3.63, 3.8) is 0 Å². The minimum Gasteiger partial charge on any atom is -0.365 e. The summed E-state index contributed by atoms with van der Waals surface area (Å²) in [6.45, 7) is 11.4. The van der Waals surface area contributed by atoms with Gasteiger partial charge in [-0.15, -0.1) is 11.3 Å². The lowest BCUT2D eigenvalue weighted by Crippen LogP contribution is -2.64. The Labute approximate surface area is 131 Å². The van der Waals surface area contributed by atoms with Crippen LogP contribution in [0.2, 0.25) is 0 Å². The van der Waals surface area contributed by atoms with Gasteiger partial charge in [-0.1, -0.05) is 20.8 Å². The highest BCUT2D eigenvalue weighted by atomic mass is 32.1. The van der Waals surface area contributed by atoms with E-state index in [2.05, 4.69) is 61.1 Å². The van der Waals surface area contributed by atoms with Crippen LogP contribution in [0.3, 0.4) is 0 Å². The van der Waals surface area contributed by atoms with E-state index in [1.54, 1.807) is 11.3 Å². The molecule has 0 saturated carbocycles. The molecule has 0 amide bonds. The second-order valence-electron chi connectivity index (χ2n) is 6.74. The van der Waals surface area contributed by atoms with Crippen LogP contribution in [-0.4, -0.2) is 29.7 Å². The number of hydrogen-bond donors (Lipinski definition) is 1. The minimum atomic E-state index is 0.202. The molecule has 1 saturated heterocycles. The minimum absolute atomic E-state index is 0.202. The van der Waals surface area contributed by atoms with Crippen LogP contribution in [0, 0.1) is 5.92 Å². The Kier molecular flexibility index (Phi) is 3.93. The quantitative estimate of drug-likeness (QED) is 0.932. The van der Waals surface area contributed by atoms with Gasteiger partial charge in [-0.3, -0.25) is 0 Å². The first kappa shape index (κ1) is 14.8. The molecule has 0 aliphatic carbocycles. The Balaban J connectivity index is 1.97. The van der Waals surface area contributed by atoms with E-state index in [-0.39, 0.29) is 5.54 Å². The molecule has 114 valence electrons. The summed E-state index contributed by atoms with van der Waals surface area (Å²) in [7, 11) is 0. The molecule has 1 aliphatic heterocycles. The van der Waals surface area contributed by atoms with Gasteiger partial charge in [0.1, 0.15) is 0 Å². The number of nitrogens with zero attached hydrogens (tertiary/aromatic N) is 2. The van der Waals surface area contributed by atoms with Crippen molar-refractivity contribution in [1.29, 1.82) is 0 Å². The fourth-order valence-electron chi connectivity index (χ4n) is 3.15. The number of benzene rings is 1. The fraction of sp³-hybridized carbons (Fsp3) is 0.588. The van der Waals surface area contributed by atoms with Crippen LogP contribution in [-0.2, 0) is 0 Å². The van der Waals surface area contributed by atoms with Crippen LogP contribution in [0.5, 0.6) is 0 Å². The Bertz CT molecular complexity index is 621. The molecule has 21 heavy (non-hydrogen) atoms. The summed E-state index contributed by atoms with van der Waals surface area (Å²) < 4.78 is 1.28. The molecule has 1 aromatic carbocycles. The van der Waals surface area contributed by atoms with E-state index in [1.165, 1.54) is 10.4 Å². The molecule has 0 spiro atoms. The van der Waals surface area contributed by atoms with Crippen LogP contribution in [0.25, 0.3) is 10.2 Å². The van der Waals surface area contributed by atoms with Gasteiger partial charge in [0.05, 0.1) is 15.7 Å². The smallest absolute Gasteiger partial charge is 0.0813 e. The fourth-order valence-corrected chi connectivity index (χ4v) is 3.86. The molecule has 2 unspecified atom stereocenters. The SMILES string of the molecule is CCC1(C)CN(c2ccc3ncsc3c2)C(C(C)C)CN1. The van der Waals surface area contributed by atoms with Gasteiger partial charge in [-0.2, -0.15) is 0 Å². The summed E-state index contributed by atoms with van der Waals surface area (Å²) in [6, 6.07) is 7.25. The van der Waals surface area contributed by atoms with Gasteiger partial charge in [0.15, 0.2) is 0 Å². The number of fused-ring (bicyclic) bond motifs is 1. The Morgan fingerprint density at radius 1 is 1.48 bits per heavy atom. The normalized spacial score (nSPS) is 26.7. The lowest BCUT2D eigenvalue weighted by atomic mass is 9.89. The molecule has 0 radical (unpaired) electrons. The summed E-state index contributed by atoms with van der Waals surface area (Å²) in [6.07, 6.45) is 1.15.